The minimum absolute atomic E-state index is 0.0761. The topological polar surface area (TPSA) is 74.7 Å². The Labute approximate surface area is 120 Å². The first-order chi connectivity index (χ1) is 9.41. The molecule has 1 aromatic rings. The van der Waals surface area contributed by atoms with Gasteiger partial charge in [0.25, 0.3) is 0 Å². The van der Waals surface area contributed by atoms with Crippen molar-refractivity contribution < 1.29 is 5.21 Å². The van der Waals surface area contributed by atoms with E-state index in [0.29, 0.717) is 17.0 Å². The van der Waals surface area contributed by atoms with Gasteiger partial charge in [-0.25, -0.2) is 0 Å². The number of likely N-dealkylation sites (tertiary alicyclic amines) is 1. The molecule has 0 saturated carbocycles. The number of amidine groups is 1. The third-order valence-electron chi connectivity index (χ3n) is 4.13. The maximum atomic E-state index is 8.83. The zero-order valence-electron chi connectivity index (χ0n) is 12.5. The van der Waals surface area contributed by atoms with E-state index in [4.69, 9.17) is 10.9 Å². The van der Waals surface area contributed by atoms with E-state index >= 15 is 0 Å². The second-order valence-electron chi connectivity index (χ2n) is 6.58. The molecule has 5 nitrogen and oxygen atoms in total. The van der Waals surface area contributed by atoms with Crippen LogP contribution >= 0.6 is 0 Å². The molecule has 5 heteroatoms. The highest BCUT2D eigenvalue weighted by molar-refractivity contribution is 5.96. The summed E-state index contributed by atoms with van der Waals surface area (Å²) < 4.78 is 0. The number of hydrogen-bond donors (Lipinski definition) is 2. The summed E-state index contributed by atoms with van der Waals surface area (Å²) in [5.41, 5.74) is 7.62. The van der Waals surface area contributed by atoms with E-state index in [9.17, 15) is 0 Å². The maximum Gasteiger partial charge on any atom is 0.189 e. The van der Waals surface area contributed by atoms with E-state index in [1.807, 2.05) is 12.1 Å². The van der Waals surface area contributed by atoms with Crippen LogP contribution in [-0.4, -0.2) is 34.0 Å². The first kappa shape index (κ1) is 14.8. The summed E-state index contributed by atoms with van der Waals surface area (Å²) in [6.07, 6.45) is 2.89. The molecule has 1 fully saturated rings. The van der Waals surface area contributed by atoms with Crippen molar-refractivity contribution in [3.8, 4) is 0 Å². The van der Waals surface area contributed by atoms with Gasteiger partial charge in [-0.2, -0.15) is 0 Å². The molecular weight excluding hydrogens is 252 g/mol. The first-order valence-electron chi connectivity index (χ1n) is 7.06. The van der Waals surface area contributed by atoms with Crippen LogP contribution in [0.3, 0.4) is 0 Å². The average Bonchev–Trinajstić information content (AvgIpc) is 2.87. The van der Waals surface area contributed by atoms with Gasteiger partial charge in [0, 0.05) is 19.3 Å². The molecule has 0 spiro atoms. The normalized spacial score (nSPS) is 21.4. The van der Waals surface area contributed by atoms with E-state index < -0.39 is 0 Å². The summed E-state index contributed by atoms with van der Waals surface area (Å²) in [5, 5.41) is 11.9. The van der Waals surface area contributed by atoms with E-state index in [2.05, 4.69) is 35.8 Å². The van der Waals surface area contributed by atoms with E-state index in [-0.39, 0.29) is 5.84 Å². The highest BCUT2D eigenvalue weighted by Gasteiger charge is 2.31. The zero-order valence-corrected chi connectivity index (χ0v) is 12.5. The van der Waals surface area contributed by atoms with Crippen LogP contribution in [0.2, 0.25) is 0 Å². The predicted octanol–water partition coefficient (Wildman–Crippen LogP) is 2.04. The maximum absolute atomic E-state index is 8.83. The molecule has 0 aromatic carbocycles. The number of oxime groups is 1. The smallest absolute Gasteiger partial charge is 0.189 e. The lowest BCUT2D eigenvalue weighted by Crippen LogP contribution is -2.27. The van der Waals surface area contributed by atoms with Gasteiger partial charge in [0.1, 0.15) is 5.69 Å². The molecule has 2 rings (SSSR count). The van der Waals surface area contributed by atoms with Gasteiger partial charge in [-0.1, -0.05) is 32.0 Å². The van der Waals surface area contributed by atoms with Crippen LogP contribution in [0.5, 0.6) is 0 Å². The molecule has 0 radical (unpaired) electrons. The van der Waals surface area contributed by atoms with Crippen LogP contribution in [0.1, 0.15) is 38.4 Å². The van der Waals surface area contributed by atoms with Crippen molar-refractivity contribution in [1.29, 1.82) is 0 Å². The van der Waals surface area contributed by atoms with Crippen molar-refractivity contribution in [3.05, 3.63) is 29.6 Å². The van der Waals surface area contributed by atoms with Gasteiger partial charge in [-0.05, 0) is 35.9 Å². The molecule has 1 aromatic heterocycles. The summed E-state index contributed by atoms with van der Waals surface area (Å²) >= 11 is 0. The summed E-state index contributed by atoms with van der Waals surface area (Å²) in [4.78, 5) is 6.63. The van der Waals surface area contributed by atoms with Crippen LogP contribution in [0.15, 0.2) is 23.5 Å². The number of hydrogen-bond acceptors (Lipinski definition) is 4. The minimum Gasteiger partial charge on any atom is -0.409 e. The van der Waals surface area contributed by atoms with E-state index in [1.54, 1.807) is 6.20 Å². The average molecular weight is 276 g/mol. The largest absolute Gasteiger partial charge is 0.409 e. The van der Waals surface area contributed by atoms with Gasteiger partial charge in [0.15, 0.2) is 5.84 Å². The molecule has 3 N–H and O–H groups in total. The Hall–Kier alpha value is -1.62. The number of nitrogens with two attached hydrogens (primary N) is 1. The molecule has 20 heavy (non-hydrogen) atoms. The fourth-order valence-corrected chi connectivity index (χ4v) is 2.77. The van der Waals surface area contributed by atoms with Gasteiger partial charge < -0.3 is 10.9 Å². The van der Waals surface area contributed by atoms with Crippen molar-refractivity contribution >= 4 is 5.84 Å². The Morgan fingerprint density at radius 1 is 1.55 bits per heavy atom. The molecule has 1 saturated heterocycles. The highest BCUT2D eigenvalue weighted by Crippen LogP contribution is 2.34. The Kier molecular flexibility index (Phi) is 4.28. The predicted molar refractivity (Wildman–Crippen MR) is 79.6 cm³/mol. The summed E-state index contributed by atoms with van der Waals surface area (Å²) in [7, 11) is 0. The van der Waals surface area contributed by atoms with Gasteiger partial charge >= 0.3 is 0 Å². The van der Waals surface area contributed by atoms with Crippen LogP contribution in [0.4, 0.5) is 0 Å². The molecule has 1 aliphatic rings. The fraction of sp³-hybridized carbons (Fsp3) is 0.600. The van der Waals surface area contributed by atoms with E-state index in [1.165, 1.54) is 6.42 Å². The van der Waals surface area contributed by atoms with Gasteiger partial charge in [0.05, 0.1) is 0 Å². The molecule has 0 aliphatic carbocycles. The first-order valence-corrected chi connectivity index (χ1v) is 7.06. The van der Waals surface area contributed by atoms with Gasteiger partial charge in [-0.3, -0.25) is 9.88 Å². The van der Waals surface area contributed by atoms with Crippen molar-refractivity contribution in [3.63, 3.8) is 0 Å². The number of pyridine rings is 1. The Morgan fingerprint density at radius 2 is 2.30 bits per heavy atom. The molecule has 0 amide bonds. The summed E-state index contributed by atoms with van der Waals surface area (Å²) in [5.74, 6) is 0.790. The molecule has 0 bridgehead atoms. The van der Waals surface area contributed by atoms with Crippen molar-refractivity contribution in [1.82, 2.24) is 9.88 Å². The van der Waals surface area contributed by atoms with Gasteiger partial charge in [-0.15, -0.1) is 0 Å². The lowest BCUT2D eigenvalue weighted by Gasteiger charge is -2.27. The minimum atomic E-state index is 0.0761. The Morgan fingerprint density at radius 3 is 2.90 bits per heavy atom. The highest BCUT2D eigenvalue weighted by atomic mass is 16.4. The zero-order chi connectivity index (χ0) is 14.8. The quantitative estimate of drug-likeness (QED) is 0.383. The van der Waals surface area contributed by atoms with Crippen LogP contribution in [0.25, 0.3) is 0 Å². The summed E-state index contributed by atoms with van der Waals surface area (Å²) in [6, 6.07) is 3.88. The van der Waals surface area contributed by atoms with Crippen LogP contribution in [-0.2, 0) is 6.54 Å². The molecule has 2 heterocycles. The van der Waals surface area contributed by atoms with Gasteiger partial charge in [0.2, 0.25) is 0 Å². The molecule has 110 valence electrons. The number of rotatable bonds is 3. The van der Waals surface area contributed by atoms with Crippen molar-refractivity contribution in [2.75, 3.05) is 13.1 Å². The molecule has 1 atom stereocenters. The van der Waals surface area contributed by atoms with Crippen molar-refractivity contribution in [2.45, 2.75) is 33.7 Å². The Bertz CT molecular complexity index is 493. The summed E-state index contributed by atoms with van der Waals surface area (Å²) in [6.45, 7) is 9.87. The SMILES string of the molecule is CC(C)(C)C1CCN(Cc2cccnc2/C(N)=N/O)C1. The lowest BCUT2D eigenvalue weighted by atomic mass is 9.80. The van der Waals surface area contributed by atoms with Crippen LogP contribution in [0, 0.1) is 11.3 Å². The Balaban J connectivity index is 2.09. The molecule has 1 unspecified atom stereocenters. The number of nitrogens with zero attached hydrogens (tertiary/aromatic N) is 3. The van der Waals surface area contributed by atoms with E-state index in [0.717, 1.165) is 25.2 Å². The lowest BCUT2D eigenvalue weighted by molar-refractivity contribution is 0.226. The third kappa shape index (κ3) is 3.28. The second kappa shape index (κ2) is 5.79. The molecular formula is C15H24N4O. The standard InChI is InChI=1S/C15H24N4O/c1-15(2,3)12-6-8-19(10-12)9-11-5-4-7-17-13(11)14(16)18-20/h4-5,7,12,20H,6,8-10H2,1-3H3,(H2,16,18). The monoisotopic (exact) mass is 276 g/mol. The van der Waals surface area contributed by atoms with Crippen molar-refractivity contribution in [2.24, 2.45) is 22.2 Å². The third-order valence-corrected chi connectivity index (χ3v) is 4.13. The second-order valence-corrected chi connectivity index (χ2v) is 6.58. The molecule has 1 aliphatic heterocycles. The fourth-order valence-electron chi connectivity index (χ4n) is 2.77. The van der Waals surface area contributed by atoms with Crippen LogP contribution < -0.4 is 5.73 Å². The number of aromatic nitrogens is 1.